The van der Waals surface area contributed by atoms with Gasteiger partial charge in [-0.25, -0.2) is 0 Å². The molecule has 6 heteroatoms. The Bertz CT molecular complexity index is 586. The van der Waals surface area contributed by atoms with E-state index in [-0.39, 0.29) is 12.3 Å². The van der Waals surface area contributed by atoms with Gasteiger partial charge in [-0.05, 0) is 31.0 Å². The zero-order chi connectivity index (χ0) is 15.3. The molecule has 1 aliphatic rings. The monoisotopic (exact) mass is 288 g/mol. The first-order chi connectivity index (χ1) is 10.0. The van der Waals surface area contributed by atoms with E-state index < -0.39 is 11.5 Å². The molecule has 2 rings (SSSR count). The number of carboxylic acids is 1. The number of carbonyl (C=O) groups excluding carboxylic acids is 1. The molecule has 0 aromatic heterocycles. The van der Waals surface area contributed by atoms with Gasteiger partial charge in [0.15, 0.2) is 0 Å². The van der Waals surface area contributed by atoms with Gasteiger partial charge in [0.25, 0.3) is 5.91 Å². The molecule has 0 unspecified atom stereocenters. The number of carbonyl (C=O) groups is 2. The van der Waals surface area contributed by atoms with Crippen molar-refractivity contribution >= 4 is 11.9 Å². The summed E-state index contributed by atoms with van der Waals surface area (Å²) in [5.41, 5.74) is -0.0451. The standard InChI is InChI=1S/C15H16N2O4/c16-10-11-2-1-3-12(8-11)14(20)17-15(9-13(18)19)4-6-21-7-5-15/h1-3,8H,4-7,9H2,(H,17,20)(H,18,19). The van der Waals surface area contributed by atoms with Crippen LogP contribution >= 0.6 is 0 Å². The van der Waals surface area contributed by atoms with Gasteiger partial charge in [0.1, 0.15) is 0 Å². The summed E-state index contributed by atoms with van der Waals surface area (Å²) in [4.78, 5) is 23.4. The fraction of sp³-hybridized carbons (Fsp3) is 0.400. The molecule has 110 valence electrons. The number of rotatable bonds is 4. The Hall–Kier alpha value is -2.39. The molecule has 1 saturated heterocycles. The molecule has 0 radical (unpaired) electrons. The van der Waals surface area contributed by atoms with Gasteiger partial charge in [-0.1, -0.05) is 6.07 Å². The molecule has 1 aliphatic heterocycles. The number of nitrogens with zero attached hydrogens (tertiary/aromatic N) is 1. The number of nitrogens with one attached hydrogen (secondary N) is 1. The average molecular weight is 288 g/mol. The molecule has 1 aromatic rings. The van der Waals surface area contributed by atoms with Gasteiger partial charge in [0, 0.05) is 18.8 Å². The summed E-state index contributed by atoms with van der Waals surface area (Å²) in [5.74, 6) is -1.32. The Balaban J connectivity index is 2.17. The molecule has 0 aliphatic carbocycles. The minimum absolute atomic E-state index is 0.139. The summed E-state index contributed by atoms with van der Waals surface area (Å²) in [6.07, 6.45) is 0.784. The molecule has 0 spiro atoms. The Morgan fingerprint density at radius 1 is 1.38 bits per heavy atom. The topological polar surface area (TPSA) is 99.4 Å². The van der Waals surface area contributed by atoms with E-state index in [1.807, 2.05) is 6.07 Å². The second-order valence-electron chi connectivity index (χ2n) is 5.11. The van der Waals surface area contributed by atoms with Crippen LogP contribution in [0.3, 0.4) is 0 Å². The number of nitriles is 1. The minimum Gasteiger partial charge on any atom is -0.481 e. The van der Waals surface area contributed by atoms with E-state index in [2.05, 4.69) is 5.32 Å². The normalized spacial score (nSPS) is 16.7. The van der Waals surface area contributed by atoms with E-state index in [0.29, 0.717) is 37.2 Å². The number of amides is 1. The van der Waals surface area contributed by atoms with E-state index in [0.717, 1.165) is 0 Å². The zero-order valence-electron chi connectivity index (χ0n) is 11.5. The van der Waals surface area contributed by atoms with E-state index in [9.17, 15) is 9.59 Å². The first-order valence-electron chi connectivity index (χ1n) is 6.67. The zero-order valence-corrected chi connectivity index (χ0v) is 11.5. The molecule has 21 heavy (non-hydrogen) atoms. The Kier molecular flexibility index (Phi) is 4.55. The highest BCUT2D eigenvalue weighted by molar-refractivity contribution is 5.95. The van der Waals surface area contributed by atoms with Gasteiger partial charge in [0.2, 0.25) is 0 Å². The van der Waals surface area contributed by atoms with Gasteiger partial charge in [-0.2, -0.15) is 5.26 Å². The molecule has 1 fully saturated rings. The highest BCUT2D eigenvalue weighted by Gasteiger charge is 2.36. The summed E-state index contributed by atoms with van der Waals surface area (Å²) in [5, 5.41) is 20.7. The van der Waals surface area contributed by atoms with E-state index in [4.69, 9.17) is 15.1 Å². The highest BCUT2D eigenvalue weighted by atomic mass is 16.5. The minimum atomic E-state index is -0.956. The maximum absolute atomic E-state index is 12.3. The van der Waals surface area contributed by atoms with Crippen LogP contribution in [0.25, 0.3) is 0 Å². The predicted octanol–water partition coefficient (Wildman–Crippen LogP) is 1.31. The lowest BCUT2D eigenvalue weighted by Crippen LogP contribution is -2.53. The molecule has 0 bridgehead atoms. The van der Waals surface area contributed by atoms with Crippen LogP contribution in [0.1, 0.15) is 35.2 Å². The van der Waals surface area contributed by atoms with Crippen LogP contribution in [0.15, 0.2) is 24.3 Å². The lowest BCUT2D eigenvalue weighted by Gasteiger charge is -2.36. The van der Waals surface area contributed by atoms with Crippen LogP contribution in [-0.2, 0) is 9.53 Å². The van der Waals surface area contributed by atoms with Crippen molar-refractivity contribution in [3.8, 4) is 6.07 Å². The Morgan fingerprint density at radius 2 is 2.10 bits per heavy atom. The molecule has 0 atom stereocenters. The van der Waals surface area contributed by atoms with Crippen molar-refractivity contribution in [1.82, 2.24) is 5.32 Å². The summed E-state index contributed by atoms with van der Waals surface area (Å²) in [6, 6.07) is 8.30. The number of hydrogen-bond acceptors (Lipinski definition) is 4. The third-order valence-corrected chi connectivity index (χ3v) is 3.57. The van der Waals surface area contributed by atoms with Crippen LogP contribution in [0.2, 0.25) is 0 Å². The van der Waals surface area contributed by atoms with Gasteiger partial charge in [-0.3, -0.25) is 9.59 Å². The van der Waals surface area contributed by atoms with Crippen LogP contribution in [0, 0.1) is 11.3 Å². The first-order valence-corrected chi connectivity index (χ1v) is 6.67. The number of benzene rings is 1. The maximum Gasteiger partial charge on any atom is 0.305 e. The fourth-order valence-electron chi connectivity index (χ4n) is 2.44. The van der Waals surface area contributed by atoms with Crippen molar-refractivity contribution in [2.75, 3.05) is 13.2 Å². The lowest BCUT2D eigenvalue weighted by molar-refractivity contribution is -0.139. The quantitative estimate of drug-likeness (QED) is 0.870. The van der Waals surface area contributed by atoms with Crippen molar-refractivity contribution < 1.29 is 19.4 Å². The van der Waals surface area contributed by atoms with Crippen LogP contribution in [0.4, 0.5) is 0 Å². The van der Waals surface area contributed by atoms with Crippen LogP contribution in [0.5, 0.6) is 0 Å². The Labute approximate surface area is 122 Å². The fourth-order valence-corrected chi connectivity index (χ4v) is 2.44. The van der Waals surface area contributed by atoms with E-state index >= 15 is 0 Å². The molecule has 2 N–H and O–H groups in total. The van der Waals surface area contributed by atoms with Crippen molar-refractivity contribution in [3.63, 3.8) is 0 Å². The summed E-state index contributed by atoms with van der Waals surface area (Å²) in [7, 11) is 0. The number of ether oxygens (including phenoxy) is 1. The second-order valence-corrected chi connectivity index (χ2v) is 5.11. The van der Waals surface area contributed by atoms with Crippen molar-refractivity contribution in [2.45, 2.75) is 24.8 Å². The SMILES string of the molecule is N#Cc1cccc(C(=O)NC2(CC(=O)O)CCOCC2)c1. The average Bonchev–Trinajstić information content (AvgIpc) is 2.47. The summed E-state index contributed by atoms with van der Waals surface area (Å²) >= 11 is 0. The molecular weight excluding hydrogens is 272 g/mol. The van der Waals surface area contributed by atoms with E-state index in [1.54, 1.807) is 18.2 Å². The van der Waals surface area contributed by atoms with Gasteiger partial charge in [0.05, 0.1) is 23.6 Å². The summed E-state index contributed by atoms with van der Waals surface area (Å²) in [6.45, 7) is 0.845. The van der Waals surface area contributed by atoms with Crippen molar-refractivity contribution in [1.29, 1.82) is 5.26 Å². The van der Waals surface area contributed by atoms with Crippen molar-refractivity contribution in [2.24, 2.45) is 0 Å². The number of carboxylic acid groups (broad SMARTS) is 1. The largest absolute Gasteiger partial charge is 0.481 e. The lowest BCUT2D eigenvalue weighted by atomic mass is 9.86. The highest BCUT2D eigenvalue weighted by Crippen LogP contribution is 2.25. The number of aliphatic carboxylic acids is 1. The molecule has 0 saturated carbocycles. The first kappa shape index (κ1) is 15.0. The third kappa shape index (κ3) is 3.80. The van der Waals surface area contributed by atoms with Crippen molar-refractivity contribution in [3.05, 3.63) is 35.4 Å². The smallest absolute Gasteiger partial charge is 0.305 e. The summed E-state index contributed by atoms with van der Waals surface area (Å²) < 4.78 is 5.24. The Morgan fingerprint density at radius 3 is 2.71 bits per heavy atom. The van der Waals surface area contributed by atoms with Gasteiger partial charge >= 0.3 is 5.97 Å². The van der Waals surface area contributed by atoms with Crippen LogP contribution in [-0.4, -0.2) is 35.7 Å². The molecule has 1 amide bonds. The predicted molar refractivity (Wildman–Crippen MR) is 73.7 cm³/mol. The van der Waals surface area contributed by atoms with E-state index in [1.165, 1.54) is 6.07 Å². The second kappa shape index (κ2) is 6.37. The molecular formula is C15H16N2O4. The number of hydrogen-bond donors (Lipinski definition) is 2. The van der Waals surface area contributed by atoms with Crippen LogP contribution < -0.4 is 5.32 Å². The molecule has 6 nitrogen and oxygen atoms in total. The molecule has 1 heterocycles. The molecule has 1 aromatic carbocycles. The maximum atomic E-state index is 12.3. The van der Waals surface area contributed by atoms with Gasteiger partial charge < -0.3 is 15.2 Å². The van der Waals surface area contributed by atoms with Gasteiger partial charge in [-0.15, -0.1) is 0 Å². The third-order valence-electron chi connectivity index (χ3n) is 3.57.